The molecule has 90 valence electrons. The van der Waals surface area contributed by atoms with Gasteiger partial charge in [0, 0.05) is 13.2 Å². The largest absolute Gasteiger partial charge is 0.477 e. The average molecular weight is 243 g/mol. The van der Waals surface area contributed by atoms with Gasteiger partial charge in [0.25, 0.3) is 0 Å². The van der Waals surface area contributed by atoms with Crippen LogP contribution >= 0.6 is 0 Å². The van der Waals surface area contributed by atoms with Crippen molar-refractivity contribution in [1.29, 1.82) is 5.26 Å². The summed E-state index contributed by atoms with van der Waals surface area (Å²) in [5.41, 5.74) is 1.66. The van der Waals surface area contributed by atoms with Crippen LogP contribution in [0.2, 0.25) is 0 Å². The first-order valence-corrected chi connectivity index (χ1v) is 5.01. The van der Waals surface area contributed by atoms with Crippen LogP contribution in [-0.4, -0.2) is 33.5 Å². The Morgan fingerprint density at radius 1 is 1.61 bits per heavy atom. The number of carboxylic acid groups (broad SMARTS) is 1. The highest BCUT2D eigenvalue weighted by Gasteiger charge is 2.11. The van der Waals surface area contributed by atoms with Gasteiger partial charge in [-0.3, -0.25) is 5.10 Å². The molecule has 0 aliphatic rings. The maximum atomic E-state index is 10.8. The van der Waals surface area contributed by atoms with Crippen LogP contribution in [0, 0.1) is 11.3 Å². The molecule has 2 aromatic rings. The molecular formula is C11H9N5O2. The molecule has 0 bridgehead atoms. The van der Waals surface area contributed by atoms with Crippen LogP contribution in [0.5, 0.6) is 0 Å². The molecular weight excluding hydrogens is 234 g/mol. The summed E-state index contributed by atoms with van der Waals surface area (Å²) in [4.78, 5) is 12.3. The number of carbonyl (C=O) groups is 1. The third kappa shape index (κ3) is 1.99. The third-order valence-corrected chi connectivity index (χ3v) is 2.39. The van der Waals surface area contributed by atoms with Crippen LogP contribution < -0.4 is 4.90 Å². The van der Waals surface area contributed by atoms with E-state index in [0.717, 1.165) is 5.52 Å². The Bertz CT molecular complexity index is 667. The van der Waals surface area contributed by atoms with Crippen molar-refractivity contribution in [2.24, 2.45) is 0 Å². The minimum Gasteiger partial charge on any atom is -0.477 e. The fourth-order valence-corrected chi connectivity index (χ4v) is 1.54. The van der Waals surface area contributed by atoms with E-state index >= 15 is 0 Å². The molecule has 7 heteroatoms. The van der Waals surface area contributed by atoms with E-state index in [2.05, 4.69) is 15.4 Å². The molecule has 0 aliphatic carbocycles. The van der Waals surface area contributed by atoms with Crippen molar-refractivity contribution < 1.29 is 9.90 Å². The van der Waals surface area contributed by atoms with Gasteiger partial charge in [0.05, 0.1) is 11.2 Å². The summed E-state index contributed by atoms with van der Waals surface area (Å²) in [5.74, 6) is -1.27. The molecule has 0 unspecified atom stereocenters. The second-order valence-electron chi connectivity index (χ2n) is 3.56. The van der Waals surface area contributed by atoms with Gasteiger partial charge in [0.15, 0.2) is 5.57 Å². The number of nitriles is 1. The molecule has 2 N–H and O–H groups in total. The van der Waals surface area contributed by atoms with Gasteiger partial charge in [-0.2, -0.15) is 5.26 Å². The minimum atomic E-state index is -1.27. The lowest BCUT2D eigenvalue weighted by atomic mass is 10.2. The smallest absolute Gasteiger partial charge is 0.347 e. The number of hydrogen-bond donors (Lipinski definition) is 2. The van der Waals surface area contributed by atoms with Crippen molar-refractivity contribution >= 4 is 22.7 Å². The Balaban J connectivity index is 2.46. The van der Waals surface area contributed by atoms with Gasteiger partial charge in [-0.05, 0) is 12.1 Å². The summed E-state index contributed by atoms with van der Waals surface area (Å²) >= 11 is 0. The molecule has 0 amide bonds. The predicted octanol–water partition coefficient (Wildman–Crippen LogP) is 0.886. The lowest BCUT2D eigenvalue weighted by Crippen LogP contribution is -2.12. The van der Waals surface area contributed by atoms with Gasteiger partial charge < -0.3 is 10.0 Å². The predicted molar refractivity (Wildman–Crippen MR) is 63.6 cm³/mol. The molecule has 0 saturated heterocycles. The van der Waals surface area contributed by atoms with Crippen molar-refractivity contribution in [3.8, 4) is 6.07 Å². The van der Waals surface area contributed by atoms with E-state index in [1.807, 2.05) is 0 Å². The molecule has 1 aromatic carbocycles. The fraction of sp³-hybridized carbons (Fsp3) is 0.0909. The molecule has 0 atom stereocenters. The maximum absolute atomic E-state index is 10.8. The summed E-state index contributed by atoms with van der Waals surface area (Å²) in [6.07, 6.45) is 1.24. The quantitative estimate of drug-likeness (QED) is 0.612. The third-order valence-electron chi connectivity index (χ3n) is 2.39. The van der Waals surface area contributed by atoms with E-state index in [0.29, 0.717) is 11.2 Å². The first-order valence-electron chi connectivity index (χ1n) is 5.01. The van der Waals surface area contributed by atoms with Gasteiger partial charge in [0.2, 0.25) is 0 Å². The Hall–Kier alpha value is -2.88. The number of carboxylic acids is 1. The Morgan fingerprint density at radius 3 is 3.06 bits per heavy atom. The number of benzene rings is 1. The van der Waals surface area contributed by atoms with Crippen LogP contribution in [0.15, 0.2) is 30.0 Å². The van der Waals surface area contributed by atoms with Crippen LogP contribution in [0.4, 0.5) is 5.69 Å². The van der Waals surface area contributed by atoms with E-state index < -0.39 is 5.97 Å². The summed E-state index contributed by atoms with van der Waals surface area (Å²) in [7, 11) is 1.64. The fourth-order valence-electron chi connectivity index (χ4n) is 1.54. The summed E-state index contributed by atoms with van der Waals surface area (Å²) in [6, 6.07) is 6.97. The number of anilines is 1. The van der Waals surface area contributed by atoms with Crippen molar-refractivity contribution in [3.05, 3.63) is 30.0 Å². The van der Waals surface area contributed by atoms with Gasteiger partial charge in [0.1, 0.15) is 11.6 Å². The number of nitrogens with zero attached hydrogens (tertiary/aromatic N) is 4. The van der Waals surface area contributed by atoms with Crippen LogP contribution in [0.1, 0.15) is 0 Å². The van der Waals surface area contributed by atoms with Gasteiger partial charge in [-0.15, -0.1) is 5.10 Å². The molecule has 0 radical (unpaired) electrons. The highest BCUT2D eigenvalue weighted by molar-refractivity contribution is 5.93. The zero-order chi connectivity index (χ0) is 13.1. The van der Waals surface area contributed by atoms with Gasteiger partial charge in [-0.25, -0.2) is 4.79 Å². The first-order chi connectivity index (χ1) is 8.63. The van der Waals surface area contributed by atoms with Crippen LogP contribution in [0.25, 0.3) is 11.0 Å². The summed E-state index contributed by atoms with van der Waals surface area (Å²) in [5, 5.41) is 27.8. The zero-order valence-corrected chi connectivity index (χ0v) is 9.45. The number of H-pyrrole nitrogens is 1. The van der Waals surface area contributed by atoms with Crippen molar-refractivity contribution in [2.75, 3.05) is 11.9 Å². The van der Waals surface area contributed by atoms with E-state index in [4.69, 9.17) is 10.4 Å². The second-order valence-corrected chi connectivity index (χ2v) is 3.56. The lowest BCUT2D eigenvalue weighted by Gasteiger charge is -2.14. The number of aromatic amines is 1. The summed E-state index contributed by atoms with van der Waals surface area (Å²) < 4.78 is 0. The Labute approximate surface area is 102 Å². The van der Waals surface area contributed by atoms with E-state index in [-0.39, 0.29) is 5.57 Å². The second kappa shape index (κ2) is 4.55. The Kier molecular flexibility index (Phi) is 2.93. The normalized spacial score (nSPS) is 11.2. The molecule has 1 heterocycles. The molecule has 2 rings (SSSR count). The Morgan fingerprint density at radius 2 is 2.39 bits per heavy atom. The first kappa shape index (κ1) is 11.6. The number of nitrogens with one attached hydrogen (secondary N) is 1. The van der Waals surface area contributed by atoms with Crippen LogP contribution in [0.3, 0.4) is 0 Å². The number of fused-ring (bicyclic) bond motifs is 1. The standard InChI is InChI=1S/C11H9N5O2/c1-16(6-7(5-12)11(17)18)9-4-2-3-8-10(9)14-15-13-8/h2-4,6H,1H3,(H,17,18)(H,13,14,15). The van der Waals surface area contributed by atoms with Crippen LogP contribution in [-0.2, 0) is 4.79 Å². The molecule has 18 heavy (non-hydrogen) atoms. The minimum absolute atomic E-state index is 0.349. The van der Waals surface area contributed by atoms with E-state index in [1.165, 1.54) is 11.1 Å². The van der Waals surface area contributed by atoms with E-state index in [1.54, 1.807) is 31.3 Å². The number of rotatable bonds is 3. The number of aromatic nitrogens is 3. The highest BCUT2D eigenvalue weighted by atomic mass is 16.4. The number of aliphatic carboxylic acids is 1. The van der Waals surface area contributed by atoms with Gasteiger partial charge in [-0.1, -0.05) is 11.3 Å². The molecule has 0 fully saturated rings. The molecule has 0 saturated carbocycles. The average Bonchev–Trinajstić information content (AvgIpc) is 2.82. The van der Waals surface area contributed by atoms with E-state index in [9.17, 15) is 4.79 Å². The monoisotopic (exact) mass is 243 g/mol. The molecule has 1 aromatic heterocycles. The van der Waals surface area contributed by atoms with Crippen molar-refractivity contribution in [3.63, 3.8) is 0 Å². The van der Waals surface area contributed by atoms with Crippen molar-refractivity contribution in [2.45, 2.75) is 0 Å². The lowest BCUT2D eigenvalue weighted by molar-refractivity contribution is -0.132. The SMILES string of the molecule is CN(C=C(C#N)C(=O)O)c1cccc2[nH]nnc12. The molecule has 7 nitrogen and oxygen atoms in total. The summed E-state index contributed by atoms with van der Waals surface area (Å²) in [6.45, 7) is 0. The maximum Gasteiger partial charge on any atom is 0.347 e. The zero-order valence-electron chi connectivity index (χ0n) is 9.45. The van der Waals surface area contributed by atoms with Crippen molar-refractivity contribution in [1.82, 2.24) is 15.4 Å². The molecule has 0 aliphatic heterocycles. The van der Waals surface area contributed by atoms with Gasteiger partial charge >= 0.3 is 5.97 Å². The number of hydrogen-bond acceptors (Lipinski definition) is 5. The highest BCUT2D eigenvalue weighted by Crippen LogP contribution is 2.22. The topological polar surface area (TPSA) is 106 Å². The molecule has 0 spiro atoms.